The molecule has 0 unspecified atom stereocenters. The number of hydrogen-bond acceptors (Lipinski definition) is 10. The molecule has 4 atom stereocenters. The van der Waals surface area contributed by atoms with E-state index in [-0.39, 0.29) is 29.8 Å². The largest absolute Gasteiger partial charge is 0.393 e. The Morgan fingerprint density at radius 3 is 2.81 bits per heavy atom. The van der Waals surface area contributed by atoms with Crippen molar-refractivity contribution >= 4 is 56.4 Å². The summed E-state index contributed by atoms with van der Waals surface area (Å²) in [5.74, 6) is -0.503. The van der Waals surface area contributed by atoms with Gasteiger partial charge in [-0.05, 0) is 36.6 Å². The lowest BCUT2D eigenvalue weighted by Gasteiger charge is -2.16. The quantitative estimate of drug-likeness (QED) is 0.302. The highest BCUT2D eigenvalue weighted by Crippen LogP contribution is 2.39. The van der Waals surface area contributed by atoms with Gasteiger partial charge in [0.15, 0.2) is 0 Å². The van der Waals surface area contributed by atoms with Crippen LogP contribution in [-0.4, -0.2) is 55.1 Å². The summed E-state index contributed by atoms with van der Waals surface area (Å²) in [6, 6.07) is 8.59. The van der Waals surface area contributed by atoms with Crippen LogP contribution in [0.25, 0.3) is 0 Å². The first-order valence-corrected chi connectivity index (χ1v) is 14.1. The summed E-state index contributed by atoms with van der Waals surface area (Å²) in [5.41, 5.74) is 1.64. The van der Waals surface area contributed by atoms with Gasteiger partial charge >= 0.3 is 10.3 Å². The van der Waals surface area contributed by atoms with Gasteiger partial charge in [-0.2, -0.15) is 8.42 Å². The molecule has 1 aromatic carbocycles. The molecule has 2 heterocycles. The molecule has 37 heavy (non-hydrogen) atoms. The van der Waals surface area contributed by atoms with E-state index < -0.39 is 28.4 Å². The van der Waals surface area contributed by atoms with Crippen molar-refractivity contribution in [3.63, 3.8) is 0 Å². The molecule has 4 N–H and O–H groups in total. The van der Waals surface area contributed by atoms with Crippen molar-refractivity contribution in [2.45, 2.75) is 31.1 Å². The molecular formula is C23H24Cl2N4O6S2. The highest BCUT2D eigenvalue weighted by molar-refractivity contribution is 7.84. The number of ether oxygens (including phenoxy) is 1. The van der Waals surface area contributed by atoms with Crippen LogP contribution < -0.4 is 10.5 Å². The van der Waals surface area contributed by atoms with Gasteiger partial charge in [-0.15, -0.1) is 11.3 Å². The number of rotatable bonds is 10. The van der Waals surface area contributed by atoms with Crippen molar-refractivity contribution in [2.75, 3.05) is 19.0 Å². The average Bonchev–Trinajstić information content (AvgIpc) is 3.39. The van der Waals surface area contributed by atoms with Gasteiger partial charge in [0.2, 0.25) is 5.78 Å². The summed E-state index contributed by atoms with van der Waals surface area (Å²) < 4.78 is 32.9. The number of halogens is 2. The first-order valence-electron chi connectivity index (χ1n) is 11.1. The van der Waals surface area contributed by atoms with E-state index in [2.05, 4.69) is 19.5 Å². The highest BCUT2D eigenvalue weighted by atomic mass is 35.5. The monoisotopic (exact) mass is 586 g/mol. The number of ketones is 1. The molecule has 1 fully saturated rings. The molecule has 0 amide bonds. The van der Waals surface area contributed by atoms with Crippen LogP contribution in [0.4, 0.5) is 5.82 Å². The van der Waals surface area contributed by atoms with Gasteiger partial charge in [0, 0.05) is 35.9 Å². The number of carbonyl (C=O) groups excluding carboxylic acids is 1. The molecule has 0 spiro atoms. The third-order valence-corrected chi connectivity index (χ3v) is 8.10. The molecular weight excluding hydrogens is 563 g/mol. The van der Waals surface area contributed by atoms with Crippen molar-refractivity contribution in [1.82, 2.24) is 9.97 Å². The number of anilines is 1. The lowest BCUT2D eigenvalue weighted by molar-refractivity contribution is 0.101. The fourth-order valence-electron chi connectivity index (χ4n) is 4.30. The van der Waals surface area contributed by atoms with Gasteiger partial charge < -0.3 is 15.2 Å². The summed E-state index contributed by atoms with van der Waals surface area (Å²) in [4.78, 5) is 22.1. The average molecular weight is 588 g/mol. The number of methoxy groups -OCH3 is 1. The Balaban J connectivity index is 1.53. The van der Waals surface area contributed by atoms with Gasteiger partial charge in [0.05, 0.1) is 27.5 Å². The molecule has 0 radical (unpaired) electrons. The predicted octanol–water partition coefficient (Wildman–Crippen LogP) is 3.58. The Kier molecular flexibility index (Phi) is 8.81. The van der Waals surface area contributed by atoms with Gasteiger partial charge in [-0.3, -0.25) is 8.98 Å². The maximum absolute atomic E-state index is 13.5. The van der Waals surface area contributed by atoms with Crippen LogP contribution in [0.1, 0.15) is 45.3 Å². The zero-order chi connectivity index (χ0) is 26.7. The summed E-state index contributed by atoms with van der Waals surface area (Å²) in [5, 5.41) is 18.9. The molecule has 0 aliphatic heterocycles. The topological polar surface area (TPSA) is 154 Å². The number of aliphatic hydroxyl groups excluding tert-OH is 1. The first-order chi connectivity index (χ1) is 17.6. The normalized spacial score (nSPS) is 20.6. The van der Waals surface area contributed by atoms with Crippen molar-refractivity contribution in [3.05, 3.63) is 73.8 Å². The van der Waals surface area contributed by atoms with Gasteiger partial charge in [-0.1, -0.05) is 35.3 Å². The second kappa shape index (κ2) is 11.7. The molecule has 1 saturated carbocycles. The zero-order valence-corrected chi connectivity index (χ0v) is 22.6. The Bertz CT molecular complexity index is 1390. The lowest BCUT2D eigenvalue weighted by atomic mass is 10.0. The number of aromatic nitrogens is 2. The molecule has 2 aromatic heterocycles. The predicted molar refractivity (Wildman–Crippen MR) is 140 cm³/mol. The summed E-state index contributed by atoms with van der Waals surface area (Å²) in [6.45, 7) is -0.239. The number of hydrogen-bond donors (Lipinski definition) is 3. The molecule has 3 aromatic rings. The zero-order valence-electron chi connectivity index (χ0n) is 19.5. The number of aliphatic hydroxyl groups is 1. The third-order valence-electron chi connectivity index (χ3n) is 6.01. The molecule has 198 valence electrons. The minimum atomic E-state index is -4.11. The van der Waals surface area contributed by atoms with Crippen molar-refractivity contribution in [1.29, 1.82) is 0 Å². The minimum Gasteiger partial charge on any atom is -0.393 e. The van der Waals surface area contributed by atoms with E-state index in [1.165, 1.54) is 12.5 Å². The lowest BCUT2D eigenvalue weighted by Crippen LogP contribution is -2.24. The van der Waals surface area contributed by atoms with E-state index in [0.717, 1.165) is 16.9 Å². The third kappa shape index (κ3) is 6.84. The SMILES string of the molecule is CO[C@@H](c1cccc(Cl)c1)c1cc(C(=O)c2cncnc2N[C@@H]2C[C@H](COS(N)(=O)=O)[C@@H](O)C2)sc1Cl. The first kappa shape index (κ1) is 27.9. The maximum atomic E-state index is 13.5. The van der Waals surface area contributed by atoms with Crippen LogP contribution in [0.15, 0.2) is 42.9 Å². The molecule has 0 saturated heterocycles. The number of carbonyl (C=O) groups is 1. The smallest absolute Gasteiger partial charge is 0.333 e. The van der Waals surface area contributed by atoms with E-state index in [1.807, 2.05) is 6.07 Å². The molecule has 1 aliphatic rings. The van der Waals surface area contributed by atoms with Crippen LogP contribution >= 0.6 is 34.5 Å². The van der Waals surface area contributed by atoms with Gasteiger partial charge in [0.1, 0.15) is 18.2 Å². The Labute approximate surface area is 228 Å². The van der Waals surface area contributed by atoms with E-state index >= 15 is 0 Å². The Hall–Kier alpha value is -2.16. The van der Waals surface area contributed by atoms with Crippen LogP contribution in [-0.2, 0) is 19.2 Å². The van der Waals surface area contributed by atoms with Gasteiger partial charge in [0.25, 0.3) is 0 Å². The Morgan fingerprint density at radius 1 is 1.32 bits per heavy atom. The fraction of sp³-hybridized carbons (Fsp3) is 0.348. The molecule has 14 heteroatoms. The number of nitrogens with one attached hydrogen (secondary N) is 1. The number of thiophene rings is 1. The van der Waals surface area contributed by atoms with E-state index in [9.17, 15) is 18.3 Å². The number of benzene rings is 1. The number of nitrogens with zero attached hydrogens (tertiary/aromatic N) is 2. The van der Waals surface area contributed by atoms with E-state index in [1.54, 1.807) is 31.4 Å². The molecule has 1 aliphatic carbocycles. The van der Waals surface area contributed by atoms with Crippen molar-refractivity contribution in [3.8, 4) is 0 Å². The molecule has 4 rings (SSSR count). The maximum Gasteiger partial charge on any atom is 0.333 e. The van der Waals surface area contributed by atoms with Crippen LogP contribution in [0.2, 0.25) is 9.36 Å². The fourth-order valence-corrected chi connectivity index (χ4v) is 6.14. The van der Waals surface area contributed by atoms with Crippen LogP contribution in [0, 0.1) is 5.92 Å². The minimum absolute atomic E-state index is 0.224. The van der Waals surface area contributed by atoms with Crippen molar-refractivity contribution in [2.24, 2.45) is 11.1 Å². The van der Waals surface area contributed by atoms with Crippen LogP contribution in [0.3, 0.4) is 0 Å². The second-order valence-corrected chi connectivity index (χ2v) is 11.9. The summed E-state index contributed by atoms with van der Waals surface area (Å²) in [7, 11) is -2.56. The molecule has 10 nitrogen and oxygen atoms in total. The highest BCUT2D eigenvalue weighted by Gasteiger charge is 2.35. The Morgan fingerprint density at radius 2 is 2.11 bits per heavy atom. The number of nitrogens with two attached hydrogens (primary N) is 1. The van der Waals surface area contributed by atoms with Gasteiger partial charge in [-0.25, -0.2) is 15.1 Å². The second-order valence-electron chi connectivity index (χ2n) is 8.54. The standard InChI is InChI=1S/C23H24Cl2N4O6S2/c1-34-21(12-3-2-4-14(24)5-12)16-8-19(36-22(16)25)20(31)17-9-27-11-28-23(17)29-15-6-13(18(30)7-15)10-35-37(26,32)33/h2-5,8-9,11,13,15,18,21,30H,6-7,10H2,1H3,(H2,26,32,33)(H,27,28,29)/t13-,15-,18+,21+/m1/s1. The summed E-state index contributed by atoms with van der Waals surface area (Å²) in [6.07, 6.45) is 2.07. The van der Waals surface area contributed by atoms with Crippen LogP contribution in [0.5, 0.6) is 0 Å². The van der Waals surface area contributed by atoms with E-state index in [4.69, 9.17) is 33.1 Å². The molecule has 0 bridgehead atoms. The summed E-state index contributed by atoms with van der Waals surface area (Å²) >= 11 is 13.8. The van der Waals surface area contributed by atoms with Crippen molar-refractivity contribution < 1.29 is 27.2 Å². The van der Waals surface area contributed by atoms with E-state index in [0.29, 0.717) is 32.6 Å².